The number of hydrogen-bond donors (Lipinski definition) is 2. The largest absolute Gasteiger partial charge is 0.348 e. The number of carbonyl (C=O) groups excluding carboxylic acids is 2. The van der Waals surface area contributed by atoms with Crippen molar-refractivity contribution in [3.05, 3.63) is 65.2 Å². The molecule has 2 N–H and O–H groups in total. The summed E-state index contributed by atoms with van der Waals surface area (Å²) in [5, 5.41) is 5.79. The Morgan fingerprint density at radius 2 is 1.74 bits per heavy atom. The van der Waals surface area contributed by atoms with Gasteiger partial charge in [-0.05, 0) is 55.3 Å². The Bertz CT molecular complexity index is 798. The van der Waals surface area contributed by atoms with E-state index in [2.05, 4.69) is 33.7 Å². The number of carbonyl (C=O) groups is 2. The molecule has 0 bridgehead atoms. The van der Waals surface area contributed by atoms with E-state index in [1.54, 1.807) is 31.2 Å². The van der Waals surface area contributed by atoms with Gasteiger partial charge >= 0.3 is 0 Å². The fourth-order valence-electron chi connectivity index (χ4n) is 3.33. The van der Waals surface area contributed by atoms with Gasteiger partial charge in [0.1, 0.15) is 0 Å². The van der Waals surface area contributed by atoms with Gasteiger partial charge < -0.3 is 10.6 Å². The molecule has 142 valence electrons. The second kappa shape index (κ2) is 9.33. The maximum Gasteiger partial charge on any atom is 0.251 e. The van der Waals surface area contributed by atoms with Crippen molar-refractivity contribution in [2.75, 3.05) is 18.4 Å². The van der Waals surface area contributed by atoms with Gasteiger partial charge in [0.25, 0.3) is 5.91 Å². The highest BCUT2D eigenvalue weighted by Crippen LogP contribution is 2.16. The lowest BCUT2D eigenvalue weighted by Gasteiger charge is -2.17. The quantitative estimate of drug-likeness (QED) is 0.789. The monoisotopic (exact) mass is 365 g/mol. The lowest BCUT2D eigenvalue weighted by atomic mass is 10.1. The molecule has 2 aromatic rings. The minimum atomic E-state index is -0.140. The fourth-order valence-corrected chi connectivity index (χ4v) is 3.33. The van der Waals surface area contributed by atoms with Crippen LogP contribution in [0.4, 0.5) is 5.69 Å². The normalized spacial score (nSPS) is 14.1. The van der Waals surface area contributed by atoms with Crippen molar-refractivity contribution in [1.82, 2.24) is 10.2 Å². The van der Waals surface area contributed by atoms with Crippen molar-refractivity contribution < 1.29 is 9.59 Å². The van der Waals surface area contributed by atoms with Crippen LogP contribution in [0.1, 0.15) is 47.7 Å². The van der Waals surface area contributed by atoms with Crippen LogP contribution in [0.3, 0.4) is 0 Å². The summed E-state index contributed by atoms with van der Waals surface area (Å²) in [5.41, 5.74) is 3.60. The SMILES string of the molecule is CCC(=O)Nc1cccc(C(=O)NCc2ccccc2CN2CCCC2)c1. The van der Waals surface area contributed by atoms with Crippen LogP contribution >= 0.6 is 0 Å². The number of rotatable bonds is 7. The fraction of sp³-hybridized carbons (Fsp3) is 0.364. The highest BCUT2D eigenvalue weighted by atomic mass is 16.2. The molecule has 0 spiro atoms. The van der Waals surface area contributed by atoms with E-state index in [9.17, 15) is 9.59 Å². The zero-order valence-electron chi connectivity index (χ0n) is 15.8. The molecule has 27 heavy (non-hydrogen) atoms. The Morgan fingerprint density at radius 3 is 2.48 bits per heavy atom. The molecule has 3 rings (SSSR count). The highest BCUT2D eigenvalue weighted by Gasteiger charge is 2.14. The van der Waals surface area contributed by atoms with Crippen molar-refractivity contribution in [3.63, 3.8) is 0 Å². The van der Waals surface area contributed by atoms with Crippen molar-refractivity contribution in [2.24, 2.45) is 0 Å². The third kappa shape index (κ3) is 5.41. The highest BCUT2D eigenvalue weighted by molar-refractivity contribution is 5.97. The summed E-state index contributed by atoms with van der Waals surface area (Å²) >= 11 is 0. The Kier molecular flexibility index (Phi) is 6.60. The molecule has 5 heteroatoms. The predicted molar refractivity (Wildman–Crippen MR) is 107 cm³/mol. The molecule has 0 saturated carbocycles. The first-order chi connectivity index (χ1) is 13.2. The molecular formula is C22H27N3O2. The summed E-state index contributed by atoms with van der Waals surface area (Å²) in [6.07, 6.45) is 2.94. The van der Waals surface area contributed by atoms with E-state index < -0.39 is 0 Å². The van der Waals surface area contributed by atoms with Gasteiger partial charge in [-0.3, -0.25) is 14.5 Å². The van der Waals surface area contributed by atoms with Crippen LogP contribution in [-0.4, -0.2) is 29.8 Å². The minimum Gasteiger partial charge on any atom is -0.348 e. The van der Waals surface area contributed by atoms with Crippen LogP contribution < -0.4 is 10.6 Å². The van der Waals surface area contributed by atoms with E-state index in [1.165, 1.54) is 18.4 Å². The average Bonchev–Trinajstić information content (AvgIpc) is 3.20. The van der Waals surface area contributed by atoms with E-state index in [-0.39, 0.29) is 11.8 Å². The van der Waals surface area contributed by atoms with Crippen molar-refractivity contribution in [3.8, 4) is 0 Å². The standard InChI is InChI=1S/C22H27N3O2/c1-2-21(26)24-20-11-7-10-17(14-20)22(27)23-15-18-8-3-4-9-19(18)16-25-12-5-6-13-25/h3-4,7-11,14H,2,5-6,12-13,15-16H2,1H3,(H,23,27)(H,24,26). The molecule has 2 aromatic carbocycles. The molecule has 0 aliphatic carbocycles. The van der Waals surface area contributed by atoms with E-state index in [0.717, 1.165) is 25.2 Å². The molecule has 1 aliphatic rings. The van der Waals surface area contributed by atoms with Gasteiger partial charge in [0.15, 0.2) is 0 Å². The van der Waals surface area contributed by atoms with Crippen molar-refractivity contribution in [1.29, 1.82) is 0 Å². The second-order valence-electron chi connectivity index (χ2n) is 6.92. The van der Waals surface area contributed by atoms with Crippen molar-refractivity contribution >= 4 is 17.5 Å². The van der Waals surface area contributed by atoms with E-state index >= 15 is 0 Å². The molecule has 0 unspecified atom stereocenters. The number of nitrogens with zero attached hydrogens (tertiary/aromatic N) is 1. The van der Waals surface area contributed by atoms with Gasteiger partial charge in [0.05, 0.1) is 0 Å². The number of hydrogen-bond acceptors (Lipinski definition) is 3. The summed E-state index contributed by atoms with van der Waals surface area (Å²) in [6, 6.07) is 15.3. The Hall–Kier alpha value is -2.66. The van der Waals surface area contributed by atoms with Crippen LogP contribution in [-0.2, 0) is 17.9 Å². The first-order valence-electron chi connectivity index (χ1n) is 9.63. The maximum absolute atomic E-state index is 12.5. The van der Waals surface area contributed by atoms with Gasteiger partial charge in [-0.1, -0.05) is 37.3 Å². The number of nitrogens with one attached hydrogen (secondary N) is 2. The van der Waals surface area contributed by atoms with Crippen LogP contribution in [0.25, 0.3) is 0 Å². The number of amides is 2. The van der Waals surface area contributed by atoms with Gasteiger partial charge in [-0.15, -0.1) is 0 Å². The van der Waals surface area contributed by atoms with Gasteiger partial charge in [0.2, 0.25) is 5.91 Å². The number of benzene rings is 2. The number of anilines is 1. The van der Waals surface area contributed by atoms with Crippen LogP contribution in [0.2, 0.25) is 0 Å². The van der Waals surface area contributed by atoms with E-state index in [4.69, 9.17) is 0 Å². The second-order valence-corrected chi connectivity index (χ2v) is 6.92. The Balaban J connectivity index is 1.62. The minimum absolute atomic E-state index is 0.0663. The summed E-state index contributed by atoms with van der Waals surface area (Å²) in [4.78, 5) is 26.5. The molecular weight excluding hydrogens is 338 g/mol. The van der Waals surface area contributed by atoms with Gasteiger partial charge in [-0.2, -0.15) is 0 Å². The topological polar surface area (TPSA) is 61.4 Å². The maximum atomic E-state index is 12.5. The Labute approximate surface area is 160 Å². The predicted octanol–water partition coefficient (Wildman–Crippen LogP) is 3.56. The van der Waals surface area contributed by atoms with Crippen LogP contribution in [0.5, 0.6) is 0 Å². The van der Waals surface area contributed by atoms with Gasteiger partial charge in [-0.25, -0.2) is 0 Å². The molecule has 1 heterocycles. The molecule has 2 amide bonds. The summed E-state index contributed by atoms with van der Waals surface area (Å²) in [7, 11) is 0. The lowest BCUT2D eigenvalue weighted by molar-refractivity contribution is -0.115. The van der Waals surface area contributed by atoms with Crippen molar-refractivity contribution in [2.45, 2.75) is 39.3 Å². The molecule has 1 aliphatic heterocycles. The zero-order valence-corrected chi connectivity index (χ0v) is 15.8. The summed E-state index contributed by atoms with van der Waals surface area (Å²) in [5.74, 6) is -0.207. The summed E-state index contributed by atoms with van der Waals surface area (Å²) in [6.45, 7) is 5.53. The molecule has 0 atom stereocenters. The smallest absolute Gasteiger partial charge is 0.251 e. The molecule has 5 nitrogen and oxygen atoms in total. The van der Waals surface area contributed by atoms with Crippen LogP contribution in [0, 0.1) is 0 Å². The third-order valence-corrected chi connectivity index (χ3v) is 4.88. The van der Waals surface area contributed by atoms with Gasteiger partial charge in [0, 0.05) is 30.8 Å². The molecule has 1 fully saturated rings. The average molecular weight is 365 g/mol. The summed E-state index contributed by atoms with van der Waals surface area (Å²) < 4.78 is 0. The van der Waals surface area contributed by atoms with Crippen LogP contribution in [0.15, 0.2) is 48.5 Å². The first-order valence-corrected chi connectivity index (χ1v) is 9.63. The van der Waals surface area contributed by atoms with E-state index in [1.807, 2.05) is 6.07 Å². The molecule has 0 radical (unpaired) electrons. The number of likely N-dealkylation sites (tertiary alicyclic amines) is 1. The third-order valence-electron chi connectivity index (χ3n) is 4.88. The molecule has 0 aromatic heterocycles. The van der Waals surface area contributed by atoms with E-state index in [0.29, 0.717) is 24.2 Å². The zero-order chi connectivity index (χ0) is 19.1. The molecule has 1 saturated heterocycles. The first kappa shape index (κ1) is 19.1. The Morgan fingerprint density at radius 1 is 1.00 bits per heavy atom. The lowest BCUT2D eigenvalue weighted by Crippen LogP contribution is -2.25.